The molecule has 0 radical (unpaired) electrons. The highest BCUT2D eigenvalue weighted by atomic mass is 35.5. The van der Waals surface area contributed by atoms with Crippen LogP contribution in [0.5, 0.6) is 0 Å². The number of ether oxygens (including phenoxy) is 2. The van der Waals surface area contributed by atoms with Crippen LogP contribution >= 0.6 is 11.6 Å². The Morgan fingerprint density at radius 3 is 2.97 bits per heavy atom. The quantitative estimate of drug-likeness (QED) is 0.712. The molecule has 31 heavy (non-hydrogen) atoms. The first-order chi connectivity index (χ1) is 15.1. The Labute approximate surface area is 187 Å². The molecule has 1 atom stereocenters. The standard InChI is InChI=1S/C22H29ClN4O4/c1-15-4-5-19(18(23)13-15)24-22(28)27-9-2-3-17(14-27)30-12-8-20-25-21(31-26-20)16-6-10-29-11-7-16/h4-5,13,16-17H,2-3,6-12,14H2,1H3,(H,24,28). The van der Waals surface area contributed by atoms with Gasteiger partial charge < -0.3 is 24.2 Å². The van der Waals surface area contributed by atoms with Crippen molar-refractivity contribution >= 4 is 23.3 Å². The lowest BCUT2D eigenvalue weighted by Crippen LogP contribution is -2.45. The van der Waals surface area contributed by atoms with Crippen LogP contribution in [-0.2, 0) is 15.9 Å². The van der Waals surface area contributed by atoms with Crippen LogP contribution in [0.15, 0.2) is 22.7 Å². The molecule has 2 saturated heterocycles. The lowest BCUT2D eigenvalue weighted by atomic mass is 10.0. The molecule has 1 N–H and O–H groups in total. The Morgan fingerprint density at radius 1 is 1.32 bits per heavy atom. The van der Waals surface area contributed by atoms with Crippen molar-refractivity contribution in [3.8, 4) is 0 Å². The number of benzene rings is 1. The monoisotopic (exact) mass is 448 g/mol. The maximum atomic E-state index is 12.7. The summed E-state index contributed by atoms with van der Waals surface area (Å²) in [7, 11) is 0. The summed E-state index contributed by atoms with van der Waals surface area (Å²) in [4.78, 5) is 19.0. The van der Waals surface area contributed by atoms with Gasteiger partial charge in [-0.25, -0.2) is 4.79 Å². The first-order valence-electron chi connectivity index (χ1n) is 10.9. The molecule has 168 valence electrons. The number of anilines is 1. The number of hydrogen-bond acceptors (Lipinski definition) is 6. The number of urea groups is 1. The second-order valence-corrected chi connectivity index (χ2v) is 8.59. The van der Waals surface area contributed by atoms with Crippen LogP contribution in [0.3, 0.4) is 0 Å². The lowest BCUT2D eigenvalue weighted by molar-refractivity contribution is 0.0120. The molecule has 0 spiro atoms. The highest BCUT2D eigenvalue weighted by Gasteiger charge is 2.25. The van der Waals surface area contributed by atoms with E-state index in [0.29, 0.717) is 54.5 Å². The average molecular weight is 449 g/mol. The molecule has 2 fully saturated rings. The van der Waals surface area contributed by atoms with E-state index < -0.39 is 0 Å². The van der Waals surface area contributed by atoms with Crippen molar-refractivity contribution in [1.82, 2.24) is 15.0 Å². The highest BCUT2D eigenvalue weighted by molar-refractivity contribution is 6.33. The minimum atomic E-state index is -0.154. The Balaban J connectivity index is 1.22. The Hall–Kier alpha value is -2.16. The number of aromatic nitrogens is 2. The molecule has 2 aliphatic rings. The molecule has 8 nitrogen and oxygen atoms in total. The zero-order chi connectivity index (χ0) is 21.6. The first kappa shape index (κ1) is 22.0. The Bertz CT molecular complexity index is 884. The number of hydrogen-bond donors (Lipinski definition) is 1. The molecule has 0 aliphatic carbocycles. The smallest absolute Gasteiger partial charge is 0.321 e. The second-order valence-electron chi connectivity index (χ2n) is 8.18. The van der Waals surface area contributed by atoms with Gasteiger partial charge in [-0.1, -0.05) is 22.8 Å². The molecule has 2 amide bonds. The third-order valence-electron chi connectivity index (χ3n) is 5.77. The summed E-state index contributed by atoms with van der Waals surface area (Å²) in [6.07, 6.45) is 4.26. The first-order valence-corrected chi connectivity index (χ1v) is 11.3. The van der Waals surface area contributed by atoms with Gasteiger partial charge in [0.2, 0.25) is 5.89 Å². The van der Waals surface area contributed by atoms with Gasteiger partial charge in [0.1, 0.15) is 0 Å². The van der Waals surface area contributed by atoms with Crippen molar-refractivity contribution in [3.63, 3.8) is 0 Å². The molecular formula is C22H29ClN4O4. The van der Waals surface area contributed by atoms with Crippen molar-refractivity contribution in [2.75, 3.05) is 38.2 Å². The fraction of sp³-hybridized carbons (Fsp3) is 0.591. The van der Waals surface area contributed by atoms with E-state index in [1.807, 2.05) is 25.1 Å². The van der Waals surface area contributed by atoms with E-state index in [1.54, 1.807) is 4.90 Å². The summed E-state index contributed by atoms with van der Waals surface area (Å²) in [5.74, 6) is 1.66. The summed E-state index contributed by atoms with van der Waals surface area (Å²) < 4.78 is 16.8. The summed E-state index contributed by atoms with van der Waals surface area (Å²) in [6, 6.07) is 5.44. The van der Waals surface area contributed by atoms with E-state index in [2.05, 4.69) is 15.5 Å². The number of nitrogens with zero attached hydrogens (tertiary/aromatic N) is 3. The average Bonchev–Trinajstić information content (AvgIpc) is 3.25. The third kappa shape index (κ3) is 5.96. The maximum Gasteiger partial charge on any atom is 0.321 e. The number of carbonyl (C=O) groups excluding carboxylic acids is 1. The molecule has 4 rings (SSSR count). The van der Waals surface area contributed by atoms with Gasteiger partial charge in [-0.2, -0.15) is 4.98 Å². The number of nitrogens with one attached hydrogen (secondary N) is 1. The van der Waals surface area contributed by atoms with Crippen molar-refractivity contribution in [1.29, 1.82) is 0 Å². The summed E-state index contributed by atoms with van der Waals surface area (Å²) in [6.45, 7) is 5.20. The minimum absolute atomic E-state index is 0.00476. The van der Waals surface area contributed by atoms with E-state index in [4.69, 9.17) is 25.6 Å². The molecular weight excluding hydrogens is 420 g/mol. The van der Waals surface area contributed by atoms with Gasteiger partial charge >= 0.3 is 6.03 Å². The highest BCUT2D eigenvalue weighted by Crippen LogP contribution is 2.26. The zero-order valence-corrected chi connectivity index (χ0v) is 18.6. The predicted octanol–water partition coefficient (Wildman–Crippen LogP) is 4.18. The van der Waals surface area contributed by atoms with Gasteiger partial charge in [0.05, 0.1) is 23.4 Å². The third-order valence-corrected chi connectivity index (χ3v) is 6.08. The predicted molar refractivity (Wildman–Crippen MR) is 117 cm³/mol. The normalized spacial score (nSPS) is 20.1. The van der Waals surface area contributed by atoms with Crippen molar-refractivity contribution < 1.29 is 18.8 Å². The van der Waals surface area contributed by atoms with Crippen LogP contribution in [0.1, 0.15) is 48.9 Å². The largest absolute Gasteiger partial charge is 0.381 e. The molecule has 0 saturated carbocycles. The molecule has 2 aromatic rings. The SMILES string of the molecule is Cc1ccc(NC(=O)N2CCCC(OCCc3noc(C4CCOCC4)n3)C2)c(Cl)c1. The molecule has 9 heteroatoms. The number of carbonyl (C=O) groups is 1. The Kier molecular flexibility index (Phi) is 7.42. The van der Waals surface area contributed by atoms with E-state index in [9.17, 15) is 4.79 Å². The van der Waals surface area contributed by atoms with Crippen molar-refractivity contribution in [2.24, 2.45) is 0 Å². The van der Waals surface area contributed by atoms with Crippen LogP contribution in [0, 0.1) is 6.92 Å². The van der Waals surface area contributed by atoms with Crippen molar-refractivity contribution in [3.05, 3.63) is 40.5 Å². The van der Waals surface area contributed by atoms with E-state index >= 15 is 0 Å². The van der Waals surface area contributed by atoms with Crippen LogP contribution < -0.4 is 5.32 Å². The van der Waals surface area contributed by atoms with Gasteiger partial charge in [0, 0.05) is 38.6 Å². The minimum Gasteiger partial charge on any atom is -0.381 e. The second kappa shape index (κ2) is 10.4. The van der Waals surface area contributed by atoms with E-state index in [0.717, 1.165) is 44.5 Å². The van der Waals surface area contributed by atoms with Crippen LogP contribution in [0.4, 0.5) is 10.5 Å². The molecule has 1 aromatic heterocycles. The molecule has 2 aliphatic heterocycles. The number of rotatable bonds is 6. The topological polar surface area (TPSA) is 89.7 Å². The summed E-state index contributed by atoms with van der Waals surface area (Å²) >= 11 is 6.24. The number of halogens is 1. The fourth-order valence-corrected chi connectivity index (χ4v) is 4.25. The van der Waals surface area contributed by atoms with Crippen LogP contribution in [-0.4, -0.2) is 60.1 Å². The van der Waals surface area contributed by atoms with Gasteiger partial charge in [-0.15, -0.1) is 0 Å². The van der Waals surface area contributed by atoms with Gasteiger partial charge in [0.25, 0.3) is 0 Å². The molecule has 1 unspecified atom stereocenters. The number of aryl methyl sites for hydroxylation is 1. The maximum absolute atomic E-state index is 12.7. The van der Waals surface area contributed by atoms with Crippen LogP contribution in [0.25, 0.3) is 0 Å². The Morgan fingerprint density at radius 2 is 2.16 bits per heavy atom. The van der Waals surface area contributed by atoms with Crippen molar-refractivity contribution in [2.45, 2.75) is 51.0 Å². The summed E-state index contributed by atoms with van der Waals surface area (Å²) in [5, 5.41) is 7.53. The number of likely N-dealkylation sites (tertiary alicyclic amines) is 1. The lowest BCUT2D eigenvalue weighted by Gasteiger charge is -2.32. The zero-order valence-electron chi connectivity index (χ0n) is 17.8. The number of piperidine rings is 1. The fourth-order valence-electron chi connectivity index (χ4n) is 3.97. The van der Waals surface area contributed by atoms with Crippen LogP contribution in [0.2, 0.25) is 5.02 Å². The van der Waals surface area contributed by atoms with Gasteiger partial charge in [-0.3, -0.25) is 0 Å². The van der Waals surface area contributed by atoms with Gasteiger partial charge in [0.15, 0.2) is 5.82 Å². The number of amides is 2. The van der Waals surface area contributed by atoms with Gasteiger partial charge in [-0.05, 0) is 50.3 Å². The van der Waals surface area contributed by atoms with E-state index in [1.165, 1.54) is 0 Å². The molecule has 3 heterocycles. The summed E-state index contributed by atoms with van der Waals surface area (Å²) in [5.41, 5.74) is 1.67. The van der Waals surface area contributed by atoms with E-state index in [-0.39, 0.29) is 12.1 Å². The molecule has 0 bridgehead atoms. The molecule has 1 aromatic carbocycles.